The van der Waals surface area contributed by atoms with E-state index in [1.165, 1.54) is 6.92 Å². The average molecular weight is 189 g/mol. The van der Waals surface area contributed by atoms with Gasteiger partial charge in [0, 0.05) is 6.92 Å². The number of hydrogen-bond donors (Lipinski definition) is 0. The number of carbonyl (C=O) groups excluding carboxylic acids is 1. The van der Waals surface area contributed by atoms with Gasteiger partial charge >= 0.3 is 5.97 Å². The van der Waals surface area contributed by atoms with Crippen molar-refractivity contribution in [3.05, 3.63) is 29.8 Å². The lowest BCUT2D eigenvalue weighted by Gasteiger charge is -2.05. The molecule has 1 unspecified atom stereocenters. The van der Waals surface area contributed by atoms with Crippen molar-refractivity contribution in [3.63, 3.8) is 0 Å². The zero-order valence-corrected chi connectivity index (χ0v) is 8.15. The largest absolute Gasteiger partial charge is 0.427 e. The van der Waals surface area contributed by atoms with Gasteiger partial charge in [0.1, 0.15) is 5.75 Å². The maximum absolute atomic E-state index is 10.7. The standard InChI is InChI=1S/C11H11NO2/c1-8(7-12)10-4-3-5-11(6-10)14-9(2)13/h3-6,8H,1-2H3. The molecule has 0 aliphatic carbocycles. The van der Waals surface area contributed by atoms with E-state index in [1.54, 1.807) is 25.1 Å². The van der Waals surface area contributed by atoms with Crippen molar-refractivity contribution in [2.24, 2.45) is 0 Å². The predicted octanol–water partition coefficient (Wildman–Crippen LogP) is 2.24. The summed E-state index contributed by atoms with van der Waals surface area (Å²) in [5, 5.41) is 8.70. The van der Waals surface area contributed by atoms with Crippen molar-refractivity contribution in [1.82, 2.24) is 0 Å². The molecule has 3 heteroatoms. The van der Waals surface area contributed by atoms with Crippen LogP contribution in [-0.4, -0.2) is 5.97 Å². The highest BCUT2D eigenvalue weighted by molar-refractivity contribution is 5.69. The molecule has 72 valence electrons. The van der Waals surface area contributed by atoms with Crippen molar-refractivity contribution in [3.8, 4) is 11.8 Å². The molecule has 1 aromatic carbocycles. The smallest absolute Gasteiger partial charge is 0.308 e. The number of hydrogen-bond acceptors (Lipinski definition) is 3. The van der Waals surface area contributed by atoms with Gasteiger partial charge in [-0.2, -0.15) is 5.26 Å². The van der Waals surface area contributed by atoms with Crippen LogP contribution in [0.5, 0.6) is 5.75 Å². The predicted molar refractivity (Wildman–Crippen MR) is 51.8 cm³/mol. The molecule has 0 aliphatic rings. The molecule has 0 heterocycles. The molecule has 0 bridgehead atoms. The van der Waals surface area contributed by atoms with Crippen molar-refractivity contribution in [1.29, 1.82) is 5.26 Å². The average Bonchev–Trinajstić information content (AvgIpc) is 2.16. The van der Waals surface area contributed by atoms with E-state index in [0.29, 0.717) is 5.75 Å². The van der Waals surface area contributed by atoms with Crippen molar-refractivity contribution >= 4 is 5.97 Å². The molecule has 0 saturated carbocycles. The van der Waals surface area contributed by atoms with Gasteiger partial charge in [-0.1, -0.05) is 12.1 Å². The topological polar surface area (TPSA) is 50.1 Å². The molecule has 0 amide bonds. The van der Waals surface area contributed by atoms with E-state index in [2.05, 4.69) is 6.07 Å². The lowest BCUT2D eigenvalue weighted by Crippen LogP contribution is -2.01. The third kappa shape index (κ3) is 2.60. The van der Waals surface area contributed by atoms with Crippen molar-refractivity contribution in [2.45, 2.75) is 19.8 Å². The minimum Gasteiger partial charge on any atom is -0.427 e. The van der Waals surface area contributed by atoms with E-state index >= 15 is 0 Å². The molecule has 1 aromatic rings. The molecule has 0 spiro atoms. The number of esters is 1. The number of carbonyl (C=O) groups is 1. The van der Waals surface area contributed by atoms with E-state index in [-0.39, 0.29) is 11.9 Å². The van der Waals surface area contributed by atoms with E-state index in [1.807, 2.05) is 6.07 Å². The highest BCUT2D eigenvalue weighted by atomic mass is 16.5. The molecular weight excluding hydrogens is 178 g/mol. The number of nitrogens with zero attached hydrogens (tertiary/aromatic N) is 1. The summed E-state index contributed by atoms with van der Waals surface area (Å²) in [6.45, 7) is 3.15. The van der Waals surface area contributed by atoms with E-state index in [4.69, 9.17) is 10.00 Å². The first kappa shape index (κ1) is 10.3. The molecule has 1 rings (SSSR count). The molecule has 0 aliphatic heterocycles. The zero-order valence-electron chi connectivity index (χ0n) is 8.15. The molecule has 0 saturated heterocycles. The van der Waals surface area contributed by atoms with Crippen molar-refractivity contribution in [2.75, 3.05) is 0 Å². The van der Waals surface area contributed by atoms with Crippen LogP contribution in [0.3, 0.4) is 0 Å². The van der Waals surface area contributed by atoms with E-state index < -0.39 is 0 Å². The monoisotopic (exact) mass is 189 g/mol. The third-order valence-electron chi connectivity index (χ3n) is 1.81. The van der Waals surface area contributed by atoms with Crippen molar-refractivity contribution < 1.29 is 9.53 Å². The fourth-order valence-electron chi connectivity index (χ4n) is 1.09. The number of benzene rings is 1. The summed E-state index contributed by atoms with van der Waals surface area (Å²) in [6, 6.07) is 9.11. The van der Waals surface area contributed by atoms with Gasteiger partial charge in [0.15, 0.2) is 0 Å². The number of ether oxygens (including phenoxy) is 1. The maximum atomic E-state index is 10.7. The Morgan fingerprint density at radius 2 is 2.29 bits per heavy atom. The second-order valence-corrected chi connectivity index (χ2v) is 3.02. The normalized spacial score (nSPS) is 11.5. The first-order chi connectivity index (χ1) is 6.63. The molecule has 14 heavy (non-hydrogen) atoms. The summed E-state index contributed by atoms with van der Waals surface area (Å²) >= 11 is 0. The lowest BCUT2D eigenvalue weighted by atomic mass is 10.0. The second kappa shape index (κ2) is 4.43. The van der Waals surface area contributed by atoms with Crippen LogP contribution >= 0.6 is 0 Å². The van der Waals surface area contributed by atoms with Crippen LogP contribution in [0.2, 0.25) is 0 Å². The summed E-state index contributed by atoms with van der Waals surface area (Å²) < 4.78 is 4.90. The van der Waals surface area contributed by atoms with Crippen LogP contribution in [0.15, 0.2) is 24.3 Å². The zero-order chi connectivity index (χ0) is 10.6. The Hall–Kier alpha value is -1.82. The van der Waals surface area contributed by atoms with Gasteiger partial charge in [0.2, 0.25) is 0 Å². The molecular formula is C11H11NO2. The lowest BCUT2D eigenvalue weighted by molar-refractivity contribution is -0.131. The fourth-order valence-corrected chi connectivity index (χ4v) is 1.09. The first-order valence-electron chi connectivity index (χ1n) is 4.31. The molecule has 0 fully saturated rings. The molecule has 0 N–H and O–H groups in total. The summed E-state index contributed by atoms with van der Waals surface area (Å²) in [5.74, 6) is -0.0608. The Balaban J connectivity index is 2.90. The first-order valence-corrected chi connectivity index (χ1v) is 4.31. The minimum atomic E-state index is -0.355. The SMILES string of the molecule is CC(=O)Oc1cccc(C(C)C#N)c1. The van der Waals surface area contributed by atoms with Crippen LogP contribution in [-0.2, 0) is 4.79 Å². The van der Waals surface area contributed by atoms with Crippen LogP contribution in [0, 0.1) is 11.3 Å². The molecule has 1 atom stereocenters. The Kier molecular flexibility index (Phi) is 3.24. The van der Waals surface area contributed by atoms with Gasteiger partial charge in [0.25, 0.3) is 0 Å². The highest BCUT2D eigenvalue weighted by Gasteiger charge is 2.05. The van der Waals surface area contributed by atoms with E-state index in [0.717, 1.165) is 5.56 Å². The highest BCUT2D eigenvalue weighted by Crippen LogP contribution is 2.19. The minimum absolute atomic E-state index is 0.189. The Bertz CT molecular complexity index is 379. The fraction of sp³-hybridized carbons (Fsp3) is 0.273. The third-order valence-corrected chi connectivity index (χ3v) is 1.81. The van der Waals surface area contributed by atoms with Crippen LogP contribution in [0.25, 0.3) is 0 Å². The van der Waals surface area contributed by atoms with Gasteiger partial charge in [0.05, 0.1) is 12.0 Å². The quantitative estimate of drug-likeness (QED) is 0.529. The second-order valence-electron chi connectivity index (χ2n) is 3.02. The summed E-state index contributed by atoms with van der Waals surface area (Å²) in [4.78, 5) is 10.7. The van der Waals surface area contributed by atoms with Crippen LogP contribution < -0.4 is 4.74 Å². The summed E-state index contributed by atoms with van der Waals surface area (Å²) in [5.41, 5.74) is 0.853. The van der Waals surface area contributed by atoms with Crippen LogP contribution in [0.1, 0.15) is 25.3 Å². The Morgan fingerprint density at radius 1 is 1.57 bits per heavy atom. The number of nitriles is 1. The van der Waals surface area contributed by atoms with E-state index in [9.17, 15) is 4.79 Å². The summed E-state index contributed by atoms with van der Waals surface area (Å²) in [6.07, 6.45) is 0. The number of rotatable bonds is 2. The van der Waals surface area contributed by atoms with Gasteiger partial charge in [-0.05, 0) is 24.6 Å². The molecule has 0 radical (unpaired) electrons. The van der Waals surface area contributed by atoms with Crippen LogP contribution in [0.4, 0.5) is 0 Å². The van der Waals surface area contributed by atoms with Gasteiger partial charge in [-0.15, -0.1) is 0 Å². The van der Waals surface area contributed by atoms with Gasteiger partial charge in [-0.3, -0.25) is 4.79 Å². The summed E-state index contributed by atoms with van der Waals surface area (Å²) in [7, 11) is 0. The Labute approximate surface area is 82.9 Å². The van der Waals surface area contributed by atoms with Gasteiger partial charge < -0.3 is 4.74 Å². The molecule has 0 aromatic heterocycles. The van der Waals surface area contributed by atoms with Gasteiger partial charge in [-0.25, -0.2) is 0 Å². The Morgan fingerprint density at radius 3 is 2.86 bits per heavy atom. The maximum Gasteiger partial charge on any atom is 0.308 e. The molecule has 3 nitrogen and oxygen atoms in total.